The molecule has 2 aromatic carbocycles. The first-order valence-corrected chi connectivity index (χ1v) is 8.81. The quantitative estimate of drug-likeness (QED) is 0.707. The molecule has 3 N–H and O–H groups in total. The second-order valence-corrected chi connectivity index (χ2v) is 7.44. The third-order valence-corrected chi connectivity index (χ3v) is 4.18. The van der Waals surface area contributed by atoms with Crippen molar-refractivity contribution < 1.29 is 9.59 Å². The number of hydrogen-bond donors (Lipinski definition) is 2. The Morgan fingerprint density at radius 2 is 1.75 bits per heavy atom. The SMILES string of the molecule is CC(C)(C)c1ccc(C(=O)Nc2ccccc2-c2nnn(CC(N)=O)n2)cc1. The maximum atomic E-state index is 12.7. The molecule has 28 heavy (non-hydrogen) atoms. The molecule has 1 heterocycles. The summed E-state index contributed by atoms with van der Waals surface area (Å²) < 4.78 is 0. The number of nitrogens with zero attached hydrogens (tertiary/aromatic N) is 4. The topological polar surface area (TPSA) is 116 Å². The molecule has 0 bridgehead atoms. The van der Waals surface area contributed by atoms with Crippen molar-refractivity contribution in [2.75, 3.05) is 5.32 Å². The molecule has 0 aliphatic rings. The van der Waals surface area contributed by atoms with Crippen LogP contribution >= 0.6 is 0 Å². The zero-order chi connectivity index (χ0) is 20.3. The Kier molecular flexibility index (Phi) is 5.21. The average Bonchev–Trinajstić information content (AvgIpc) is 3.09. The van der Waals surface area contributed by atoms with E-state index in [2.05, 4.69) is 41.5 Å². The van der Waals surface area contributed by atoms with E-state index in [0.29, 0.717) is 22.6 Å². The van der Waals surface area contributed by atoms with Gasteiger partial charge in [-0.05, 0) is 40.5 Å². The zero-order valence-corrected chi connectivity index (χ0v) is 16.0. The van der Waals surface area contributed by atoms with E-state index < -0.39 is 5.91 Å². The molecule has 0 fully saturated rings. The number of nitrogens with one attached hydrogen (secondary N) is 1. The lowest BCUT2D eigenvalue weighted by molar-refractivity contribution is -0.118. The summed E-state index contributed by atoms with van der Waals surface area (Å²) >= 11 is 0. The van der Waals surface area contributed by atoms with Crippen LogP contribution in [0, 0.1) is 0 Å². The molecule has 3 rings (SSSR count). The molecule has 0 atom stereocenters. The molecule has 0 radical (unpaired) electrons. The molecule has 0 unspecified atom stereocenters. The Balaban J connectivity index is 1.82. The number of primary amides is 1. The van der Waals surface area contributed by atoms with Gasteiger partial charge in [0.05, 0.1) is 5.69 Å². The minimum Gasteiger partial charge on any atom is -0.368 e. The molecule has 3 aromatic rings. The van der Waals surface area contributed by atoms with Crippen molar-refractivity contribution in [3.63, 3.8) is 0 Å². The molecule has 8 heteroatoms. The average molecular weight is 378 g/mol. The fraction of sp³-hybridized carbons (Fsp3) is 0.250. The largest absolute Gasteiger partial charge is 0.368 e. The van der Waals surface area contributed by atoms with Gasteiger partial charge in [0.1, 0.15) is 6.54 Å². The molecule has 0 saturated heterocycles. The van der Waals surface area contributed by atoms with Gasteiger partial charge in [-0.1, -0.05) is 45.0 Å². The zero-order valence-electron chi connectivity index (χ0n) is 16.0. The summed E-state index contributed by atoms with van der Waals surface area (Å²) in [6.45, 7) is 6.20. The monoisotopic (exact) mass is 378 g/mol. The summed E-state index contributed by atoms with van der Waals surface area (Å²) in [4.78, 5) is 24.8. The number of hydrogen-bond acceptors (Lipinski definition) is 5. The summed E-state index contributed by atoms with van der Waals surface area (Å²) in [5, 5.41) is 14.8. The van der Waals surface area contributed by atoms with E-state index in [1.54, 1.807) is 36.4 Å². The smallest absolute Gasteiger partial charge is 0.255 e. The van der Waals surface area contributed by atoms with Crippen molar-refractivity contribution >= 4 is 17.5 Å². The Morgan fingerprint density at radius 1 is 1.07 bits per heavy atom. The summed E-state index contributed by atoms with van der Waals surface area (Å²) in [6.07, 6.45) is 0. The lowest BCUT2D eigenvalue weighted by atomic mass is 9.86. The molecular formula is C20H22N6O2. The number of benzene rings is 2. The maximum Gasteiger partial charge on any atom is 0.255 e. The second kappa shape index (κ2) is 7.59. The lowest BCUT2D eigenvalue weighted by Gasteiger charge is -2.19. The van der Waals surface area contributed by atoms with Crippen molar-refractivity contribution in [1.82, 2.24) is 20.2 Å². The first-order chi connectivity index (χ1) is 13.2. The minimum atomic E-state index is -0.566. The Labute approximate surface area is 162 Å². The van der Waals surface area contributed by atoms with Crippen LogP contribution in [0.5, 0.6) is 0 Å². The Morgan fingerprint density at radius 3 is 2.39 bits per heavy atom. The summed E-state index contributed by atoms with van der Waals surface area (Å²) in [5.41, 5.74) is 8.01. The third-order valence-electron chi connectivity index (χ3n) is 4.18. The van der Waals surface area contributed by atoms with E-state index in [-0.39, 0.29) is 17.9 Å². The van der Waals surface area contributed by atoms with Crippen LogP contribution in [0.3, 0.4) is 0 Å². The van der Waals surface area contributed by atoms with Gasteiger partial charge in [-0.15, -0.1) is 10.2 Å². The van der Waals surface area contributed by atoms with Gasteiger partial charge in [-0.2, -0.15) is 4.80 Å². The standard InChI is InChI=1S/C20H22N6O2/c1-20(2,3)14-10-8-13(9-11-14)19(28)22-16-7-5-4-6-15(16)18-23-25-26(24-18)12-17(21)27/h4-11H,12H2,1-3H3,(H2,21,27)(H,22,28). The van der Waals surface area contributed by atoms with Gasteiger partial charge in [-0.3, -0.25) is 9.59 Å². The summed E-state index contributed by atoms with van der Waals surface area (Å²) in [7, 11) is 0. The van der Waals surface area contributed by atoms with Crippen LogP contribution in [0.2, 0.25) is 0 Å². The summed E-state index contributed by atoms with van der Waals surface area (Å²) in [6, 6.07) is 14.7. The molecular weight excluding hydrogens is 356 g/mol. The van der Waals surface area contributed by atoms with E-state index in [9.17, 15) is 9.59 Å². The minimum absolute atomic E-state index is 0.0179. The van der Waals surface area contributed by atoms with E-state index in [1.807, 2.05) is 12.1 Å². The van der Waals surface area contributed by atoms with Gasteiger partial charge in [0.2, 0.25) is 11.7 Å². The highest BCUT2D eigenvalue weighted by molar-refractivity contribution is 6.06. The number of amides is 2. The lowest BCUT2D eigenvalue weighted by Crippen LogP contribution is -2.20. The molecule has 0 aliphatic heterocycles. The highest BCUT2D eigenvalue weighted by atomic mass is 16.2. The molecule has 0 saturated carbocycles. The first-order valence-electron chi connectivity index (χ1n) is 8.81. The second-order valence-electron chi connectivity index (χ2n) is 7.44. The number of carbonyl (C=O) groups excluding carboxylic acids is 2. The van der Waals surface area contributed by atoms with Crippen LogP contribution in [0.25, 0.3) is 11.4 Å². The van der Waals surface area contributed by atoms with Crippen LogP contribution in [-0.2, 0) is 16.8 Å². The van der Waals surface area contributed by atoms with Gasteiger partial charge in [0.15, 0.2) is 0 Å². The van der Waals surface area contributed by atoms with E-state index in [1.165, 1.54) is 0 Å². The number of nitrogens with two attached hydrogens (primary N) is 1. The van der Waals surface area contributed by atoms with Crippen LogP contribution in [0.1, 0.15) is 36.7 Å². The van der Waals surface area contributed by atoms with E-state index in [4.69, 9.17) is 5.73 Å². The predicted molar refractivity (Wildman–Crippen MR) is 106 cm³/mol. The van der Waals surface area contributed by atoms with E-state index >= 15 is 0 Å². The van der Waals surface area contributed by atoms with Crippen molar-refractivity contribution in [2.24, 2.45) is 5.73 Å². The van der Waals surface area contributed by atoms with Gasteiger partial charge in [0, 0.05) is 11.1 Å². The number of aromatic nitrogens is 4. The molecule has 0 spiro atoms. The molecule has 8 nitrogen and oxygen atoms in total. The van der Waals surface area contributed by atoms with Crippen molar-refractivity contribution in [3.05, 3.63) is 59.7 Å². The molecule has 144 valence electrons. The number of anilines is 1. The van der Waals surface area contributed by atoms with Crippen LogP contribution in [0.4, 0.5) is 5.69 Å². The number of para-hydroxylation sites is 1. The highest BCUT2D eigenvalue weighted by Crippen LogP contribution is 2.26. The number of rotatable bonds is 5. The van der Waals surface area contributed by atoms with Crippen LogP contribution in [-0.4, -0.2) is 32.0 Å². The summed E-state index contributed by atoms with van der Waals surface area (Å²) in [5.74, 6) is -0.512. The van der Waals surface area contributed by atoms with Crippen molar-refractivity contribution in [2.45, 2.75) is 32.7 Å². The number of carbonyl (C=O) groups is 2. The Hall–Kier alpha value is -3.55. The molecule has 1 aromatic heterocycles. The van der Waals surface area contributed by atoms with Gasteiger partial charge in [0.25, 0.3) is 5.91 Å². The van der Waals surface area contributed by atoms with Crippen LogP contribution in [0.15, 0.2) is 48.5 Å². The third kappa shape index (κ3) is 4.40. The first kappa shape index (κ1) is 19.2. The highest BCUT2D eigenvalue weighted by Gasteiger charge is 2.16. The maximum absolute atomic E-state index is 12.7. The van der Waals surface area contributed by atoms with Gasteiger partial charge >= 0.3 is 0 Å². The van der Waals surface area contributed by atoms with Gasteiger partial charge < -0.3 is 11.1 Å². The molecule has 0 aliphatic carbocycles. The van der Waals surface area contributed by atoms with Gasteiger partial charge in [-0.25, -0.2) is 0 Å². The molecule has 2 amide bonds. The fourth-order valence-corrected chi connectivity index (χ4v) is 2.66. The Bertz CT molecular complexity index is 1000. The van der Waals surface area contributed by atoms with Crippen molar-refractivity contribution in [1.29, 1.82) is 0 Å². The fourth-order valence-electron chi connectivity index (χ4n) is 2.66. The number of tetrazole rings is 1. The predicted octanol–water partition coefficient (Wildman–Crippen LogP) is 2.38. The normalized spacial score (nSPS) is 11.2. The van der Waals surface area contributed by atoms with Crippen molar-refractivity contribution in [3.8, 4) is 11.4 Å². The van der Waals surface area contributed by atoms with Crippen LogP contribution < -0.4 is 11.1 Å². The van der Waals surface area contributed by atoms with E-state index in [0.717, 1.165) is 10.4 Å².